The molecule has 1 spiro atoms. The molecule has 5 rings (SSSR count). The number of halogens is 1. The summed E-state index contributed by atoms with van der Waals surface area (Å²) >= 11 is 1.53. The Balaban J connectivity index is 0.00000192. The quantitative estimate of drug-likeness (QED) is 0.663. The van der Waals surface area contributed by atoms with Gasteiger partial charge in [-0.15, -0.1) is 23.7 Å². The summed E-state index contributed by atoms with van der Waals surface area (Å²) < 4.78 is 1.69. The first-order valence-electron chi connectivity index (χ1n) is 9.14. The van der Waals surface area contributed by atoms with Gasteiger partial charge in [-0.2, -0.15) is 0 Å². The number of hydrogen-bond donors (Lipinski definition) is 2. The maximum absolute atomic E-state index is 13.4. The number of anilines is 2. The van der Waals surface area contributed by atoms with E-state index in [2.05, 4.69) is 20.6 Å². The van der Waals surface area contributed by atoms with Crippen LogP contribution < -0.4 is 16.2 Å². The predicted molar refractivity (Wildman–Crippen MR) is 112 cm³/mol. The minimum Gasteiger partial charge on any atom is -0.335 e. The van der Waals surface area contributed by atoms with Gasteiger partial charge in [0.25, 0.3) is 11.5 Å². The van der Waals surface area contributed by atoms with Gasteiger partial charge in [-0.1, -0.05) is 6.42 Å². The number of pyridine rings is 1. The van der Waals surface area contributed by atoms with Crippen LogP contribution in [0.3, 0.4) is 0 Å². The summed E-state index contributed by atoms with van der Waals surface area (Å²) in [4.78, 5) is 35.4. The normalized spacial score (nSPS) is 17.2. The maximum atomic E-state index is 13.4. The fraction of sp³-hybridized carbons (Fsp3) is 0.368. The van der Waals surface area contributed by atoms with Crippen LogP contribution in [0.1, 0.15) is 48.2 Å². The van der Waals surface area contributed by atoms with E-state index in [-0.39, 0.29) is 23.9 Å². The van der Waals surface area contributed by atoms with Gasteiger partial charge in [-0.05, 0) is 55.7 Å². The summed E-state index contributed by atoms with van der Waals surface area (Å²) in [7, 11) is 0. The van der Waals surface area contributed by atoms with Gasteiger partial charge in [0.2, 0.25) is 0 Å². The van der Waals surface area contributed by atoms with Crippen LogP contribution >= 0.6 is 23.7 Å². The van der Waals surface area contributed by atoms with Gasteiger partial charge >= 0.3 is 0 Å². The van der Waals surface area contributed by atoms with Crippen LogP contribution in [-0.2, 0) is 5.66 Å². The van der Waals surface area contributed by atoms with Crippen LogP contribution in [0.4, 0.5) is 11.5 Å². The highest BCUT2D eigenvalue weighted by molar-refractivity contribution is 7.16. The molecule has 1 fully saturated rings. The second-order valence-electron chi connectivity index (χ2n) is 7.26. The van der Waals surface area contributed by atoms with E-state index in [1.54, 1.807) is 10.6 Å². The molecule has 0 bridgehead atoms. The highest BCUT2D eigenvalue weighted by atomic mass is 35.5. The molecule has 0 saturated heterocycles. The molecular formula is C19H20ClN5O2S. The Labute approximate surface area is 171 Å². The molecule has 1 amide bonds. The number of amides is 1. The van der Waals surface area contributed by atoms with Crippen LogP contribution in [0, 0.1) is 6.92 Å². The zero-order valence-electron chi connectivity index (χ0n) is 15.3. The third-order valence-corrected chi connectivity index (χ3v) is 6.40. The molecule has 3 aromatic heterocycles. The molecule has 3 aromatic rings. The first-order chi connectivity index (χ1) is 13.1. The number of hydrogen-bond acceptors (Lipinski definition) is 6. The first-order valence-corrected chi connectivity index (χ1v) is 10.0. The Kier molecular flexibility index (Phi) is 4.63. The van der Waals surface area contributed by atoms with E-state index >= 15 is 0 Å². The Bertz CT molecular complexity index is 1130. The Hall–Kier alpha value is -2.45. The molecule has 0 aromatic carbocycles. The lowest BCUT2D eigenvalue weighted by Crippen LogP contribution is -2.48. The van der Waals surface area contributed by atoms with Crippen LogP contribution in [0.2, 0.25) is 0 Å². The van der Waals surface area contributed by atoms with Gasteiger partial charge in [-0.3, -0.25) is 14.2 Å². The van der Waals surface area contributed by atoms with Crippen molar-refractivity contribution in [1.82, 2.24) is 19.9 Å². The molecule has 7 nitrogen and oxygen atoms in total. The standard InChI is InChI=1S/C19H19N5O2S.ClH/c1-11-9-13(22-15-12-5-8-27-17(12)21-10-20-15)18(26)24-14(11)16(25)23-19(24)6-3-2-4-7-19;/h5,8-10H,2-4,6-7H2,1H3,(H,23,25)(H,20,21,22);1H. The van der Waals surface area contributed by atoms with Crippen LogP contribution in [0.25, 0.3) is 10.2 Å². The molecule has 0 unspecified atom stereocenters. The molecule has 146 valence electrons. The second kappa shape index (κ2) is 6.86. The highest BCUT2D eigenvalue weighted by Crippen LogP contribution is 2.37. The van der Waals surface area contributed by atoms with Gasteiger partial charge < -0.3 is 10.6 Å². The monoisotopic (exact) mass is 417 g/mol. The number of aromatic nitrogens is 3. The van der Waals surface area contributed by atoms with Crippen LogP contribution in [0.5, 0.6) is 0 Å². The number of nitrogens with zero attached hydrogens (tertiary/aromatic N) is 3. The summed E-state index contributed by atoms with van der Waals surface area (Å²) in [6.07, 6.45) is 6.21. The fourth-order valence-corrected chi connectivity index (χ4v) is 5.09. The topological polar surface area (TPSA) is 88.9 Å². The number of fused-ring (bicyclic) bond motifs is 3. The van der Waals surface area contributed by atoms with E-state index in [1.165, 1.54) is 17.7 Å². The van der Waals surface area contributed by atoms with Crippen molar-refractivity contribution in [3.05, 3.63) is 45.5 Å². The third-order valence-electron chi connectivity index (χ3n) is 5.58. The van der Waals surface area contributed by atoms with Crippen LogP contribution in [0.15, 0.2) is 28.6 Å². The Morgan fingerprint density at radius 3 is 2.79 bits per heavy atom. The molecule has 2 N–H and O–H groups in total. The largest absolute Gasteiger partial charge is 0.335 e. The van der Waals surface area contributed by atoms with E-state index in [9.17, 15) is 9.59 Å². The number of carbonyl (C=O) groups is 1. The lowest BCUT2D eigenvalue weighted by molar-refractivity contribution is 0.0876. The molecular weight excluding hydrogens is 398 g/mol. The first kappa shape index (κ1) is 18.9. The average molecular weight is 418 g/mol. The maximum Gasteiger partial charge on any atom is 0.276 e. The van der Waals surface area contributed by atoms with Crippen molar-refractivity contribution in [2.75, 3.05) is 5.32 Å². The van der Waals surface area contributed by atoms with Crippen molar-refractivity contribution in [3.63, 3.8) is 0 Å². The number of thiophene rings is 1. The molecule has 9 heteroatoms. The number of aryl methyl sites for hydroxylation is 1. The summed E-state index contributed by atoms with van der Waals surface area (Å²) in [5.41, 5.74) is 0.929. The average Bonchev–Trinajstić information content (AvgIpc) is 3.24. The summed E-state index contributed by atoms with van der Waals surface area (Å²) in [6, 6.07) is 3.68. The highest BCUT2D eigenvalue weighted by Gasteiger charge is 2.45. The number of rotatable bonds is 2. The lowest BCUT2D eigenvalue weighted by Gasteiger charge is -2.35. The number of carbonyl (C=O) groups excluding carboxylic acids is 1. The summed E-state index contributed by atoms with van der Waals surface area (Å²) in [6.45, 7) is 1.87. The van der Waals surface area contributed by atoms with E-state index in [1.807, 2.05) is 18.4 Å². The second-order valence-corrected chi connectivity index (χ2v) is 8.16. The Morgan fingerprint density at radius 2 is 2.00 bits per heavy atom. The molecule has 28 heavy (non-hydrogen) atoms. The van der Waals surface area contributed by atoms with Crippen molar-refractivity contribution in [2.45, 2.75) is 44.7 Å². The van der Waals surface area contributed by atoms with Gasteiger partial charge in [0.05, 0.1) is 5.39 Å². The molecule has 1 saturated carbocycles. The molecule has 1 aliphatic carbocycles. The smallest absolute Gasteiger partial charge is 0.276 e. The van der Waals surface area contributed by atoms with E-state index in [0.29, 0.717) is 17.2 Å². The van der Waals surface area contributed by atoms with Crippen molar-refractivity contribution in [2.24, 2.45) is 0 Å². The summed E-state index contributed by atoms with van der Waals surface area (Å²) in [5.74, 6) is 0.452. The van der Waals surface area contributed by atoms with Gasteiger partial charge in [0.1, 0.15) is 34.0 Å². The van der Waals surface area contributed by atoms with E-state index in [4.69, 9.17) is 0 Å². The lowest BCUT2D eigenvalue weighted by atomic mass is 9.89. The third kappa shape index (κ3) is 2.70. The molecule has 1 aliphatic heterocycles. The Morgan fingerprint density at radius 1 is 1.21 bits per heavy atom. The SMILES string of the molecule is Cc1cc(Nc2ncnc3sccc23)c(=O)n2c1C(=O)NC21CCCCC1.Cl. The van der Waals surface area contributed by atoms with E-state index in [0.717, 1.165) is 47.9 Å². The minimum atomic E-state index is -0.590. The van der Waals surface area contributed by atoms with Crippen molar-refractivity contribution in [1.29, 1.82) is 0 Å². The molecule has 4 heterocycles. The number of nitrogens with one attached hydrogen (secondary N) is 2. The molecule has 0 atom stereocenters. The van der Waals surface area contributed by atoms with Crippen molar-refractivity contribution < 1.29 is 4.79 Å². The predicted octanol–water partition coefficient (Wildman–Crippen LogP) is 3.69. The van der Waals surface area contributed by atoms with Crippen molar-refractivity contribution in [3.8, 4) is 0 Å². The summed E-state index contributed by atoms with van der Waals surface area (Å²) in [5, 5.41) is 9.13. The van der Waals surface area contributed by atoms with Gasteiger partial charge in [0, 0.05) is 0 Å². The minimum absolute atomic E-state index is 0. The van der Waals surface area contributed by atoms with Gasteiger partial charge in [-0.25, -0.2) is 9.97 Å². The van der Waals surface area contributed by atoms with Gasteiger partial charge in [0.15, 0.2) is 0 Å². The van der Waals surface area contributed by atoms with Crippen LogP contribution in [-0.4, -0.2) is 20.4 Å². The fourth-order valence-electron chi connectivity index (χ4n) is 4.35. The molecule has 2 aliphatic rings. The zero-order chi connectivity index (χ0) is 18.6. The zero-order valence-corrected chi connectivity index (χ0v) is 17.0. The molecule has 0 radical (unpaired) electrons. The van der Waals surface area contributed by atoms with E-state index < -0.39 is 5.66 Å². The van der Waals surface area contributed by atoms with Crippen molar-refractivity contribution >= 4 is 51.4 Å².